The molecule has 0 aliphatic carbocycles. The first-order chi connectivity index (χ1) is 7.27. The Labute approximate surface area is 95.4 Å². The number of amides is 1. The van der Waals surface area contributed by atoms with E-state index in [1.165, 1.54) is 0 Å². The van der Waals surface area contributed by atoms with E-state index in [-0.39, 0.29) is 6.04 Å². The lowest BCUT2D eigenvalue weighted by atomic mass is 10.2. The molecule has 0 radical (unpaired) electrons. The zero-order valence-corrected chi connectivity index (χ0v) is 10.1. The van der Waals surface area contributed by atoms with Gasteiger partial charge in [-0.05, 0) is 20.0 Å². The van der Waals surface area contributed by atoms with Gasteiger partial charge in [0.2, 0.25) is 5.91 Å². The number of nitrogens with zero attached hydrogens (tertiary/aromatic N) is 2. The van der Waals surface area contributed by atoms with E-state index in [4.69, 9.17) is 0 Å². The van der Waals surface area contributed by atoms with Gasteiger partial charge in [0, 0.05) is 31.3 Å². The molecule has 1 atom stereocenters. The van der Waals surface area contributed by atoms with Crippen molar-refractivity contribution < 1.29 is 4.79 Å². The average Bonchev–Trinajstić information content (AvgIpc) is 2.67. The standard InChI is InChI=1S/C10H19N3OS/c1-12-3-2-4-13(6-5-12)10(14)9-7-15-8-11-9/h9,11H,2-8H2,1H3/t9-/m1/s1. The molecule has 4 nitrogen and oxygen atoms in total. The van der Waals surface area contributed by atoms with Gasteiger partial charge in [-0.15, -0.1) is 11.8 Å². The van der Waals surface area contributed by atoms with E-state index in [9.17, 15) is 4.79 Å². The van der Waals surface area contributed by atoms with Gasteiger partial charge in [0.15, 0.2) is 0 Å². The van der Waals surface area contributed by atoms with Crippen LogP contribution in [0.5, 0.6) is 0 Å². The molecular weight excluding hydrogens is 210 g/mol. The van der Waals surface area contributed by atoms with Crippen molar-refractivity contribution in [3.8, 4) is 0 Å². The van der Waals surface area contributed by atoms with Gasteiger partial charge in [-0.2, -0.15) is 0 Å². The molecule has 1 amide bonds. The van der Waals surface area contributed by atoms with Crippen LogP contribution >= 0.6 is 11.8 Å². The van der Waals surface area contributed by atoms with Gasteiger partial charge in [-0.25, -0.2) is 0 Å². The summed E-state index contributed by atoms with van der Waals surface area (Å²) in [5.41, 5.74) is 0. The molecule has 2 aliphatic rings. The molecule has 2 aliphatic heterocycles. The maximum absolute atomic E-state index is 12.1. The van der Waals surface area contributed by atoms with E-state index in [1.54, 1.807) is 0 Å². The van der Waals surface area contributed by atoms with Crippen LogP contribution in [0.25, 0.3) is 0 Å². The van der Waals surface area contributed by atoms with Gasteiger partial charge >= 0.3 is 0 Å². The van der Waals surface area contributed by atoms with E-state index < -0.39 is 0 Å². The third-order valence-electron chi connectivity index (χ3n) is 3.05. The number of carbonyl (C=O) groups is 1. The van der Waals surface area contributed by atoms with Crippen molar-refractivity contribution in [1.82, 2.24) is 15.1 Å². The summed E-state index contributed by atoms with van der Waals surface area (Å²) in [4.78, 5) is 16.4. The first kappa shape index (κ1) is 11.2. The molecule has 2 heterocycles. The first-order valence-electron chi connectivity index (χ1n) is 5.56. The molecule has 0 saturated carbocycles. The number of nitrogens with one attached hydrogen (secondary N) is 1. The molecule has 2 rings (SSSR count). The van der Waals surface area contributed by atoms with Gasteiger partial charge in [-0.1, -0.05) is 0 Å². The lowest BCUT2D eigenvalue weighted by Crippen LogP contribution is -2.46. The molecule has 86 valence electrons. The zero-order chi connectivity index (χ0) is 10.7. The smallest absolute Gasteiger partial charge is 0.240 e. The SMILES string of the molecule is CN1CCCN(C(=O)[C@H]2CSCN2)CC1. The number of rotatable bonds is 1. The summed E-state index contributed by atoms with van der Waals surface area (Å²) >= 11 is 1.81. The average molecular weight is 229 g/mol. The van der Waals surface area contributed by atoms with Crippen LogP contribution in [0, 0.1) is 0 Å². The summed E-state index contributed by atoms with van der Waals surface area (Å²) in [5, 5.41) is 3.24. The number of hydrogen-bond acceptors (Lipinski definition) is 4. The van der Waals surface area contributed by atoms with Crippen molar-refractivity contribution in [1.29, 1.82) is 0 Å². The highest BCUT2D eigenvalue weighted by molar-refractivity contribution is 7.99. The maximum atomic E-state index is 12.1. The van der Waals surface area contributed by atoms with Crippen LogP contribution in [0.1, 0.15) is 6.42 Å². The van der Waals surface area contributed by atoms with Crippen LogP contribution in [0.15, 0.2) is 0 Å². The minimum absolute atomic E-state index is 0.0680. The van der Waals surface area contributed by atoms with Crippen molar-refractivity contribution in [2.24, 2.45) is 0 Å². The largest absolute Gasteiger partial charge is 0.340 e. The van der Waals surface area contributed by atoms with Crippen molar-refractivity contribution >= 4 is 17.7 Å². The van der Waals surface area contributed by atoms with Gasteiger partial charge in [0.1, 0.15) is 0 Å². The van der Waals surface area contributed by atoms with Crippen molar-refractivity contribution in [2.45, 2.75) is 12.5 Å². The third-order valence-corrected chi connectivity index (χ3v) is 3.99. The van der Waals surface area contributed by atoms with E-state index in [0.717, 1.165) is 44.2 Å². The van der Waals surface area contributed by atoms with Crippen LogP contribution in [0.4, 0.5) is 0 Å². The maximum Gasteiger partial charge on any atom is 0.240 e. The minimum atomic E-state index is 0.0680. The molecular formula is C10H19N3OS. The summed E-state index contributed by atoms with van der Waals surface area (Å²) in [6.45, 7) is 3.92. The second-order valence-corrected chi connectivity index (χ2v) is 5.28. The molecule has 0 aromatic carbocycles. The van der Waals surface area contributed by atoms with Gasteiger partial charge in [0.05, 0.1) is 6.04 Å². The summed E-state index contributed by atoms with van der Waals surface area (Å²) in [6.07, 6.45) is 1.10. The summed E-state index contributed by atoms with van der Waals surface area (Å²) in [5.74, 6) is 2.16. The van der Waals surface area contributed by atoms with Crippen LogP contribution in [0.3, 0.4) is 0 Å². The highest BCUT2D eigenvalue weighted by atomic mass is 32.2. The molecule has 2 saturated heterocycles. The van der Waals surface area contributed by atoms with E-state index >= 15 is 0 Å². The lowest BCUT2D eigenvalue weighted by Gasteiger charge is -2.23. The molecule has 0 unspecified atom stereocenters. The number of likely N-dealkylation sites (N-methyl/N-ethyl adjacent to an activating group) is 1. The Morgan fingerprint density at radius 2 is 2.20 bits per heavy atom. The quantitative estimate of drug-likeness (QED) is 0.676. The Bertz CT molecular complexity index is 231. The van der Waals surface area contributed by atoms with E-state index in [1.807, 2.05) is 16.7 Å². The van der Waals surface area contributed by atoms with Crippen molar-refractivity contribution in [3.05, 3.63) is 0 Å². The van der Waals surface area contributed by atoms with Crippen LogP contribution in [0.2, 0.25) is 0 Å². The molecule has 15 heavy (non-hydrogen) atoms. The summed E-state index contributed by atoms with van der Waals surface area (Å²) in [6, 6.07) is 0.0680. The Morgan fingerprint density at radius 1 is 1.33 bits per heavy atom. The highest BCUT2D eigenvalue weighted by Gasteiger charge is 2.27. The van der Waals surface area contributed by atoms with Gasteiger partial charge < -0.3 is 9.80 Å². The number of hydrogen-bond donors (Lipinski definition) is 1. The summed E-state index contributed by atoms with van der Waals surface area (Å²) < 4.78 is 0. The van der Waals surface area contributed by atoms with Gasteiger partial charge in [-0.3, -0.25) is 10.1 Å². The highest BCUT2D eigenvalue weighted by Crippen LogP contribution is 2.13. The molecule has 0 spiro atoms. The number of thioether (sulfide) groups is 1. The predicted octanol–water partition coefficient (Wildman–Crippen LogP) is -0.187. The third kappa shape index (κ3) is 2.86. The number of carbonyl (C=O) groups excluding carboxylic acids is 1. The summed E-state index contributed by atoms with van der Waals surface area (Å²) in [7, 11) is 2.12. The first-order valence-corrected chi connectivity index (χ1v) is 6.71. The topological polar surface area (TPSA) is 35.6 Å². The fourth-order valence-corrected chi connectivity index (χ4v) is 2.97. The van der Waals surface area contributed by atoms with Gasteiger partial charge in [0.25, 0.3) is 0 Å². The van der Waals surface area contributed by atoms with E-state index in [0.29, 0.717) is 5.91 Å². The molecule has 5 heteroatoms. The Balaban J connectivity index is 1.88. The minimum Gasteiger partial charge on any atom is -0.340 e. The normalized spacial score (nSPS) is 29.1. The van der Waals surface area contributed by atoms with Crippen molar-refractivity contribution in [3.63, 3.8) is 0 Å². The molecule has 0 aromatic rings. The Hall–Kier alpha value is -0.260. The monoisotopic (exact) mass is 229 g/mol. The fourth-order valence-electron chi connectivity index (χ4n) is 2.04. The van der Waals surface area contributed by atoms with E-state index in [2.05, 4.69) is 17.3 Å². The van der Waals surface area contributed by atoms with Crippen LogP contribution in [-0.2, 0) is 4.79 Å². The second-order valence-electron chi connectivity index (χ2n) is 4.25. The Morgan fingerprint density at radius 3 is 2.93 bits per heavy atom. The van der Waals surface area contributed by atoms with Crippen LogP contribution in [-0.4, -0.2) is 66.6 Å². The fraction of sp³-hybridized carbons (Fsp3) is 0.900. The second kappa shape index (κ2) is 5.18. The lowest BCUT2D eigenvalue weighted by molar-refractivity contribution is -0.132. The molecule has 0 bridgehead atoms. The molecule has 1 N–H and O–H groups in total. The predicted molar refractivity (Wildman–Crippen MR) is 62.9 cm³/mol. The van der Waals surface area contributed by atoms with Crippen LogP contribution < -0.4 is 5.32 Å². The Kier molecular flexibility index (Phi) is 3.88. The van der Waals surface area contributed by atoms with Crippen molar-refractivity contribution in [2.75, 3.05) is 44.9 Å². The molecule has 2 fully saturated rings. The zero-order valence-electron chi connectivity index (χ0n) is 9.24. The molecule has 0 aromatic heterocycles.